The maximum atomic E-state index is 5.76. The van der Waals surface area contributed by atoms with Crippen molar-refractivity contribution >= 4 is 45.1 Å². The normalized spacial score (nSPS) is 10.9. The van der Waals surface area contributed by atoms with Gasteiger partial charge in [0, 0.05) is 19.5 Å². The maximum Gasteiger partial charge on any atom is 0.221 e. The quantitative estimate of drug-likeness (QED) is 0.743. The Morgan fingerprint density at radius 1 is 1.15 bits per heavy atom. The van der Waals surface area contributed by atoms with Gasteiger partial charge in [0.05, 0.1) is 5.52 Å². The SMILES string of the molecule is CN(C)c1nnc(Sc2nc(N)nc3ccccc23)s1. The second-order valence-corrected chi connectivity index (χ2v) is 6.44. The number of fused-ring (bicyclic) bond motifs is 1. The van der Waals surface area contributed by atoms with Gasteiger partial charge in [-0.1, -0.05) is 29.5 Å². The fraction of sp³-hybridized carbons (Fsp3) is 0.167. The van der Waals surface area contributed by atoms with Gasteiger partial charge in [-0.15, -0.1) is 10.2 Å². The van der Waals surface area contributed by atoms with E-state index in [9.17, 15) is 0 Å². The van der Waals surface area contributed by atoms with Crippen LogP contribution in [0.5, 0.6) is 0 Å². The predicted molar refractivity (Wildman–Crippen MR) is 82.3 cm³/mol. The molecule has 0 saturated carbocycles. The average molecular weight is 304 g/mol. The Hall–Kier alpha value is -1.93. The molecule has 0 amide bonds. The number of anilines is 2. The standard InChI is InChI=1S/C12H12N6S2/c1-18(2)11-16-17-12(20-11)19-9-7-5-3-4-6-8(7)14-10(13)15-9/h3-6H,1-2H3,(H2,13,14,15). The molecule has 0 aliphatic heterocycles. The van der Waals surface area contributed by atoms with E-state index in [0.29, 0.717) is 0 Å². The van der Waals surface area contributed by atoms with Crippen molar-refractivity contribution in [3.63, 3.8) is 0 Å². The van der Waals surface area contributed by atoms with Crippen LogP contribution in [-0.4, -0.2) is 34.3 Å². The number of para-hydroxylation sites is 1. The largest absolute Gasteiger partial charge is 0.368 e. The topological polar surface area (TPSA) is 80.8 Å². The zero-order valence-electron chi connectivity index (χ0n) is 10.9. The molecule has 0 aliphatic carbocycles. The van der Waals surface area contributed by atoms with Gasteiger partial charge in [0.15, 0.2) is 4.34 Å². The summed E-state index contributed by atoms with van der Waals surface area (Å²) in [6, 6.07) is 7.78. The van der Waals surface area contributed by atoms with Crippen LogP contribution in [0, 0.1) is 0 Å². The summed E-state index contributed by atoms with van der Waals surface area (Å²) in [5, 5.41) is 10.9. The van der Waals surface area contributed by atoms with Crippen LogP contribution in [0.15, 0.2) is 33.6 Å². The summed E-state index contributed by atoms with van der Waals surface area (Å²) in [5.74, 6) is 0.267. The van der Waals surface area contributed by atoms with Crippen LogP contribution in [0.2, 0.25) is 0 Å². The number of rotatable bonds is 3. The molecule has 3 aromatic rings. The second kappa shape index (κ2) is 5.22. The molecule has 6 nitrogen and oxygen atoms in total. The van der Waals surface area contributed by atoms with Crippen molar-refractivity contribution in [3.8, 4) is 0 Å². The number of hydrogen-bond acceptors (Lipinski definition) is 8. The van der Waals surface area contributed by atoms with Crippen LogP contribution in [0.25, 0.3) is 10.9 Å². The summed E-state index contributed by atoms with van der Waals surface area (Å²) in [6.45, 7) is 0. The minimum absolute atomic E-state index is 0.267. The molecule has 2 heterocycles. The number of nitrogen functional groups attached to an aromatic ring is 1. The molecule has 0 spiro atoms. The monoisotopic (exact) mass is 304 g/mol. The zero-order valence-corrected chi connectivity index (χ0v) is 12.6. The lowest BCUT2D eigenvalue weighted by Gasteiger charge is -2.04. The van der Waals surface area contributed by atoms with E-state index >= 15 is 0 Å². The molecule has 0 saturated heterocycles. The first-order valence-electron chi connectivity index (χ1n) is 5.84. The lowest BCUT2D eigenvalue weighted by molar-refractivity contribution is 0.971. The van der Waals surface area contributed by atoms with Crippen LogP contribution >= 0.6 is 23.1 Å². The van der Waals surface area contributed by atoms with Gasteiger partial charge in [-0.25, -0.2) is 9.97 Å². The second-order valence-electron chi connectivity index (χ2n) is 4.25. The molecule has 3 rings (SSSR count). The highest BCUT2D eigenvalue weighted by Crippen LogP contribution is 2.35. The molecule has 1 aromatic carbocycles. The third kappa shape index (κ3) is 2.52. The molecule has 2 N–H and O–H groups in total. The molecular weight excluding hydrogens is 292 g/mol. The van der Waals surface area contributed by atoms with E-state index in [-0.39, 0.29) is 5.95 Å². The van der Waals surface area contributed by atoms with Gasteiger partial charge in [0.25, 0.3) is 0 Å². The lowest BCUT2D eigenvalue weighted by atomic mass is 10.2. The Morgan fingerprint density at radius 3 is 2.70 bits per heavy atom. The predicted octanol–water partition coefficient (Wildman–Crippen LogP) is 2.28. The average Bonchev–Trinajstić information content (AvgIpc) is 2.87. The van der Waals surface area contributed by atoms with Crippen molar-refractivity contribution in [2.24, 2.45) is 0 Å². The van der Waals surface area contributed by atoms with Crippen molar-refractivity contribution in [3.05, 3.63) is 24.3 Å². The number of aromatic nitrogens is 4. The van der Waals surface area contributed by atoms with Gasteiger partial charge >= 0.3 is 0 Å². The highest BCUT2D eigenvalue weighted by molar-refractivity contribution is 8.01. The molecule has 102 valence electrons. The first-order valence-corrected chi connectivity index (χ1v) is 7.48. The van der Waals surface area contributed by atoms with Gasteiger partial charge in [-0.2, -0.15) is 0 Å². The number of nitrogens with zero attached hydrogens (tertiary/aromatic N) is 5. The van der Waals surface area contributed by atoms with Crippen LogP contribution in [0.1, 0.15) is 0 Å². The highest BCUT2D eigenvalue weighted by Gasteiger charge is 2.12. The fourth-order valence-corrected chi connectivity index (χ4v) is 3.45. The smallest absolute Gasteiger partial charge is 0.221 e. The van der Waals surface area contributed by atoms with Crippen LogP contribution in [-0.2, 0) is 0 Å². The van der Waals surface area contributed by atoms with E-state index in [0.717, 1.165) is 25.4 Å². The molecule has 0 aliphatic rings. The molecule has 0 unspecified atom stereocenters. The molecule has 0 atom stereocenters. The van der Waals surface area contributed by atoms with E-state index in [1.807, 2.05) is 43.3 Å². The molecule has 20 heavy (non-hydrogen) atoms. The first kappa shape index (κ1) is 13.1. The summed E-state index contributed by atoms with van der Waals surface area (Å²) in [6.07, 6.45) is 0. The van der Waals surface area contributed by atoms with Gasteiger partial charge in [-0.05, 0) is 17.8 Å². The third-order valence-electron chi connectivity index (χ3n) is 2.55. The fourth-order valence-electron chi connectivity index (χ4n) is 1.65. The van der Waals surface area contributed by atoms with Crippen LogP contribution in [0.4, 0.5) is 11.1 Å². The van der Waals surface area contributed by atoms with E-state index in [4.69, 9.17) is 5.73 Å². The van der Waals surface area contributed by atoms with Crippen molar-refractivity contribution in [1.82, 2.24) is 20.2 Å². The van der Waals surface area contributed by atoms with E-state index in [2.05, 4.69) is 20.2 Å². The van der Waals surface area contributed by atoms with Crippen molar-refractivity contribution in [2.75, 3.05) is 24.7 Å². The van der Waals surface area contributed by atoms with E-state index < -0.39 is 0 Å². The summed E-state index contributed by atoms with van der Waals surface area (Å²) in [7, 11) is 3.88. The Bertz CT molecular complexity index is 755. The molecular formula is C12H12N6S2. The molecule has 2 aromatic heterocycles. The summed E-state index contributed by atoms with van der Waals surface area (Å²) in [4.78, 5) is 10.5. The molecule has 0 bridgehead atoms. The zero-order chi connectivity index (χ0) is 14.1. The summed E-state index contributed by atoms with van der Waals surface area (Å²) < 4.78 is 0.831. The molecule has 0 radical (unpaired) electrons. The first-order chi connectivity index (χ1) is 9.63. The Morgan fingerprint density at radius 2 is 1.95 bits per heavy atom. The maximum absolute atomic E-state index is 5.76. The number of benzene rings is 1. The summed E-state index contributed by atoms with van der Waals surface area (Å²) >= 11 is 2.97. The Balaban J connectivity index is 2.01. The van der Waals surface area contributed by atoms with Crippen LogP contribution < -0.4 is 10.6 Å². The van der Waals surface area contributed by atoms with Crippen molar-refractivity contribution < 1.29 is 0 Å². The third-order valence-corrected chi connectivity index (χ3v) is 4.69. The Labute approximate surface area is 124 Å². The summed E-state index contributed by atoms with van der Waals surface area (Å²) in [5.41, 5.74) is 6.59. The van der Waals surface area contributed by atoms with Crippen LogP contribution in [0.3, 0.4) is 0 Å². The van der Waals surface area contributed by atoms with Crippen molar-refractivity contribution in [2.45, 2.75) is 9.37 Å². The van der Waals surface area contributed by atoms with Gasteiger partial charge in [0.1, 0.15) is 5.03 Å². The Kier molecular flexibility index (Phi) is 3.41. The molecule has 0 fully saturated rings. The van der Waals surface area contributed by atoms with Gasteiger partial charge in [-0.3, -0.25) is 0 Å². The minimum Gasteiger partial charge on any atom is -0.368 e. The van der Waals surface area contributed by atoms with Gasteiger partial charge in [0.2, 0.25) is 11.1 Å². The van der Waals surface area contributed by atoms with Crippen molar-refractivity contribution in [1.29, 1.82) is 0 Å². The lowest BCUT2D eigenvalue weighted by Crippen LogP contribution is -2.07. The number of hydrogen-bond donors (Lipinski definition) is 1. The highest BCUT2D eigenvalue weighted by atomic mass is 32.2. The minimum atomic E-state index is 0.267. The number of nitrogens with two attached hydrogens (primary N) is 1. The van der Waals surface area contributed by atoms with E-state index in [1.54, 1.807) is 0 Å². The van der Waals surface area contributed by atoms with Gasteiger partial charge < -0.3 is 10.6 Å². The van der Waals surface area contributed by atoms with E-state index in [1.165, 1.54) is 23.1 Å². The molecule has 8 heteroatoms.